The van der Waals surface area contributed by atoms with Crippen molar-refractivity contribution in [3.8, 4) is 0 Å². The molecule has 0 atom stereocenters. The van der Waals surface area contributed by atoms with Gasteiger partial charge in [-0.2, -0.15) is 0 Å². The maximum Gasteiger partial charge on any atom is 0.270 e. The molecule has 28 heavy (non-hydrogen) atoms. The van der Waals surface area contributed by atoms with Crippen LogP contribution in [0.3, 0.4) is 0 Å². The first-order chi connectivity index (χ1) is 13.7. The van der Waals surface area contributed by atoms with Crippen molar-refractivity contribution in [2.45, 2.75) is 26.1 Å². The molecule has 1 aromatic carbocycles. The highest BCUT2D eigenvalue weighted by molar-refractivity contribution is 5.92. The van der Waals surface area contributed by atoms with Crippen LogP contribution in [0.2, 0.25) is 0 Å². The highest BCUT2D eigenvalue weighted by Crippen LogP contribution is 2.13. The second kappa shape index (κ2) is 8.26. The van der Waals surface area contributed by atoms with Gasteiger partial charge >= 0.3 is 0 Å². The van der Waals surface area contributed by atoms with Crippen molar-refractivity contribution in [2.24, 2.45) is 0 Å². The van der Waals surface area contributed by atoms with Crippen LogP contribution in [-0.2, 0) is 26.1 Å². The number of pyridine rings is 1. The molecule has 2 aromatic heterocycles. The van der Waals surface area contributed by atoms with Crippen LogP contribution >= 0.6 is 0 Å². The first-order valence-electron chi connectivity index (χ1n) is 9.26. The summed E-state index contributed by atoms with van der Waals surface area (Å²) >= 11 is 0. The minimum atomic E-state index is -0.237. The first-order valence-corrected chi connectivity index (χ1v) is 9.26. The maximum absolute atomic E-state index is 13.4. The summed E-state index contributed by atoms with van der Waals surface area (Å²) in [6.07, 6.45) is 2.35. The van der Waals surface area contributed by atoms with E-state index in [2.05, 4.69) is 30.0 Å². The molecule has 0 unspecified atom stereocenters. The lowest BCUT2D eigenvalue weighted by atomic mass is 10.2. The van der Waals surface area contributed by atoms with Gasteiger partial charge in [0.25, 0.3) is 5.91 Å². The summed E-state index contributed by atoms with van der Waals surface area (Å²) in [4.78, 5) is 18.5. The standard InChI is InChI=1S/C20H21FN6O/c21-16-5-3-4-15(12-16)14-26-9-7-18-24-25-19(27(18)11-10-26)13-23-20(28)17-6-1-2-8-22-17/h1-6,8,12H,7,9-11,13-14H2,(H,23,28). The highest BCUT2D eigenvalue weighted by atomic mass is 19.1. The van der Waals surface area contributed by atoms with Gasteiger partial charge < -0.3 is 9.88 Å². The molecule has 0 aliphatic carbocycles. The molecule has 0 radical (unpaired) electrons. The lowest BCUT2D eigenvalue weighted by Gasteiger charge is -2.19. The number of benzene rings is 1. The average Bonchev–Trinajstić information content (AvgIpc) is 2.99. The van der Waals surface area contributed by atoms with E-state index in [0.717, 1.165) is 43.3 Å². The third-order valence-corrected chi connectivity index (χ3v) is 4.80. The number of rotatable bonds is 5. The number of hydrogen-bond donors (Lipinski definition) is 1. The van der Waals surface area contributed by atoms with Crippen LogP contribution in [0.5, 0.6) is 0 Å². The topological polar surface area (TPSA) is 75.9 Å². The Balaban J connectivity index is 1.37. The second-order valence-corrected chi connectivity index (χ2v) is 6.74. The van der Waals surface area contributed by atoms with E-state index in [-0.39, 0.29) is 11.7 Å². The fraction of sp³-hybridized carbons (Fsp3) is 0.300. The molecule has 8 heteroatoms. The van der Waals surface area contributed by atoms with E-state index >= 15 is 0 Å². The summed E-state index contributed by atoms with van der Waals surface area (Å²) in [5.74, 6) is 1.19. The second-order valence-electron chi connectivity index (χ2n) is 6.74. The average molecular weight is 380 g/mol. The SMILES string of the molecule is O=C(NCc1nnc2n1CCN(Cc1cccc(F)c1)CC2)c1ccccn1. The van der Waals surface area contributed by atoms with Crippen molar-refractivity contribution in [1.82, 2.24) is 30.0 Å². The van der Waals surface area contributed by atoms with Gasteiger partial charge in [0, 0.05) is 38.8 Å². The Hall–Kier alpha value is -3.13. The minimum absolute atomic E-state index is 0.213. The molecule has 0 saturated carbocycles. The summed E-state index contributed by atoms with van der Waals surface area (Å²) in [6, 6.07) is 11.9. The Morgan fingerprint density at radius 1 is 1.11 bits per heavy atom. The van der Waals surface area contributed by atoms with Crippen molar-refractivity contribution in [3.05, 3.63) is 77.4 Å². The van der Waals surface area contributed by atoms with Crippen LogP contribution in [0.4, 0.5) is 4.39 Å². The summed E-state index contributed by atoms with van der Waals surface area (Å²) < 4.78 is 15.5. The van der Waals surface area contributed by atoms with Crippen LogP contribution < -0.4 is 5.32 Å². The van der Waals surface area contributed by atoms with Gasteiger partial charge in [-0.1, -0.05) is 18.2 Å². The number of halogens is 1. The van der Waals surface area contributed by atoms with Gasteiger partial charge in [-0.3, -0.25) is 14.7 Å². The molecular weight excluding hydrogens is 359 g/mol. The Morgan fingerprint density at radius 3 is 2.86 bits per heavy atom. The van der Waals surface area contributed by atoms with Gasteiger partial charge in [0.05, 0.1) is 6.54 Å². The molecule has 1 amide bonds. The smallest absolute Gasteiger partial charge is 0.270 e. The lowest BCUT2D eigenvalue weighted by Crippen LogP contribution is -2.28. The molecule has 1 aliphatic rings. The first kappa shape index (κ1) is 18.2. The number of carbonyl (C=O) groups excluding carboxylic acids is 1. The van der Waals surface area contributed by atoms with E-state index in [1.807, 2.05) is 6.07 Å². The number of hydrogen-bond acceptors (Lipinski definition) is 5. The monoisotopic (exact) mass is 380 g/mol. The number of amides is 1. The Labute approximate surface area is 162 Å². The van der Waals surface area contributed by atoms with E-state index in [1.54, 1.807) is 36.5 Å². The fourth-order valence-electron chi connectivity index (χ4n) is 3.36. The van der Waals surface area contributed by atoms with E-state index in [1.165, 1.54) is 6.07 Å². The van der Waals surface area contributed by atoms with Gasteiger partial charge in [-0.05, 0) is 29.8 Å². The van der Waals surface area contributed by atoms with Crippen LogP contribution in [-0.4, -0.2) is 43.6 Å². The minimum Gasteiger partial charge on any atom is -0.343 e. The largest absolute Gasteiger partial charge is 0.343 e. The fourth-order valence-corrected chi connectivity index (χ4v) is 3.36. The molecule has 0 fully saturated rings. The molecule has 3 aromatic rings. The quantitative estimate of drug-likeness (QED) is 0.731. The third-order valence-electron chi connectivity index (χ3n) is 4.80. The lowest BCUT2D eigenvalue weighted by molar-refractivity contribution is 0.0944. The Bertz CT molecular complexity index is 958. The van der Waals surface area contributed by atoms with Gasteiger partial charge in [0.1, 0.15) is 17.3 Å². The zero-order valence-corrected chi connectivity index (χ0v) is 15.4. The van der Waals surface area contributed by atoms with E-state index in [4.69, 9.17) is 0 Å². The van der Waals surface area contributed by atoms with Crippen molar-refractivity contribution >= 4 is 5.91 Å². The molecule has 144 valence electrons. The molecule has 7 nitrogen and oxygen atoms in total. The van der Waals surface area contributed by atoms with Crippen molar-refractivity contribution in [3.63, 3.8) is 0 Å². The Morgan fingerprint density at radius 2 is 2.04 bits per heavy atom. The van der Waals surface area contributed by atoms with E-state index < -0.39 is 0 Å². The normalized spacial score (nSPS) is 14.3. The number of nitrogens with zero attached hydrogens (tertiary/aromatic N) is 5. The summed E-state index contributed by atoms with van der Waals surface area (Å²) in [5.41, 5.74) is 1.33. The molecule has 0 saturated heterocycles. The zero-order valence-electron chi connectivity index (χ0n) is 15.4. The van der Waals surface area contributed by atoms with Gasteiger partial charge in [0.15, 0.2) is 5.82 Å². The van der Waals surface area contributed by atoms with Crippen molar-refractivity contribution < 1.29 is 9.18 Å². The molecule has 1 aliphatic heterocycles. The molecule has 4 rings (SSSR count). The van der Waals surface area contributed by atoms with E-state index in [0.29, 0.717) is 18.8 Å². The van der Waals surface area contributed by atoms with E-state index in [9.17, 15) is 9.18 Å². The van der Waals surface area contributed by atoms with Crippen LogP contribution in [0, 0.1) is 5.82 Å². The van der Waals surface area contributed by atoms with Crippen molar-refractivity contribution in [1.29, 1.82) is 0 Å². The van der Waals surface area contributed by atoms with Crippen LogP contribution in [0.25, 0.3) is 0 Å². The number of carbonyl (C=O) groups is 1. The summed E-state index contributed by atoms with van der Waals surface area (Å²) in [5, 5.41) is 11.4. The molecular formula is C20H21FN6O. The predicted molar refractivity (Wildman–Crippen MR) is 101 cm³/mol. The van der Waals surface area contributed by atoms with Crippen LogP contribution in [0.1, 0.15) is 27.7 Å². The molecule has 0 spiro atoms. The summed E-state index contributed by atoms with van der Waals surface area (Å²) in [7, 11) is 0. The molecule has 0 bridgehead atoms. The number of aromatic nitrogens is 4. The maximum atomic E-state index is 13.4. The zero-order chi connectivity index (χ0) is 19.3. The van der Waals surface area contributed by atoms with Gasteiger partial charge in [0.2, 0.25) is 0 Å². The third kappa shape index (κ3) is 4.23. The number of nitrogens with one attached hydrogen (secondary N) is 1. The Kier molecular flexibility index (Phi) is 5.38. The summed E-state index contributed by atoms with van der Waals surface area (Å²) in [6.45, 7) is 3.36. The number of fused-ring (bicyclic) bond motifs is 1. The van der Waals surface area contributed by atoms with Crippen LogP contribution in [0.15, 0.2) is 48.7 Å². The predicted octanol–water partition coefficient (Wildman–Crippen LogP) is 1.80. The highest BCUT2D eigenvalue weighted by Gasteiger charge is 2.19. The van der Waals surface area contributed by atoms with Gasteiger partial charge in [-0.15, -0.1) is 10.2 Å². The van der Waals surface area contributed by atoms with Gasteiger partial charge in [-0.25, -0.2) is 4.39 Å². The molecule has 3 heterocycles. The molecule has 1 N–H and O–H groups in total. The van der Waals surface area contributed by atoms with Crippen molar-refractivity contribution in [2.75, 3.05) is 13.1 Å².